The summed E-state index contributed by atoms with van der Waals surface area (Å²) in [7, 11) is 0. The monoisotopic (exact) mass is 1750 g/mol. The first-order valence-electron chi connectivity index (χ1n) is 36.9. The molecule has 0 unspecified atom stereocenters. The number of carboxylic acid groups (broad SMARTS) is 1. The van der Waals surface area contributed by atoms with Gasteiger partial charge in [-0.15, -0.1) is 0 Å². The summed E-state index contributed by atoms with van der Waals surface area (Å²) in [6.45, 7) is -3.25. The molecule has 44 nitrogen and oxygen atoms in total. The smallest absolute Gasteiger partial charge is 0.328 e. The van der Waals surface area contributed by atoms with E-state index in [9.17, 15) is 138 Å². The van der Waals surface area contributed by atoms with Crippen molar-refractivity contribution in [2.75, 3.05) is 26.4 Å². The number of imidazole rings is 1. The third kappa shape index (κ3) is 27.7. The Morgan fingerprint density at radius 1 is 0.575 bits per heavy atom. The third-order valence-electron chi connectivity index (χ3n) is 18.5. The summed E-state index contributed by atoms with van der Waals surface area (Å²) in [5.74, 6) is -20.5. The van der Waals surface area contributed by atoms with E-state index >= 15 is 0 Å². The van der Waals surface area contributed by atoms with Gasteiger partial charge in [0.05, 0.1) is 57.1 Å². The van der Waals surface area contributed by atoms with Crippen LogP contribution in [-0.4, -0.2) is 374 Å². The first-order valence-corrected chi connectivity index (χ1v) is 37.7. The number of aliphatic imine (C=N–C) groups is 12. The molecule has 3 aliphatic rings. The van der Waals surface area contributed by atoms with E-state index in [1.807, 2.05) is 0 Å². The summed E-state index contributed by atoms with van der Waals surface area (Å²) in [5, 5.41) is 314. The van der Waals surface area contributed by atoms with Crippen molar-refractivity contribution in [2.45, 2.75) is 193 Å². The molecule has 7 rings (SSSR count). The van der Waals surface area contributed by atoms with Crippen molar-refractivity contribution in [3.63, 3.8) is 0 Å². The van der Waals surface area contributed by atoms with Crippen molar-refractivity contribution in [3.05, 3.63) is 142 Å². The molecule has 1 saturated heterocycles. The van der Waals surface area contributed by atoms with Crippen LogP contribution in [0.2, 0.25) is 0 Å². The van der Waals surface area contributed by atoms with Crippen molar-refractivity contribution in [3.8, 4) is 0 Å². The first kappa shape index (κ1) is 95.5. The number of rotatable bonds is 18. The second-order valence-electron chi connectivity index (χ2n) is 27.9. The maximum atomic E-state index is 12.8. The van der Waals surface area contributed by atoms with E-state index in [4.69, 9.17) is 15.6 Å². The Labute approximate surface area is 691 Å². The van der Waals surface area contributed by atoms with E-state index in [0.29, 0.717) is 21.2 Å². The van der Waals surface area contributed by atoms with Crippen LogP contribution in [-0.2, 0) is 35.3 Å². The zero-order valence-corrected chi connectivity index (χ0v) is 65.7. The molecule has 3 aromatic carbocycles. The molecule has 4 heterocycles. The van der Waals surface area contributed by atoms with E-state index in [0.717, 1.165) is 34.1 Å². The Morgan fingerprint density at radius 3 is 1.73 bits per heavy atom. The molecule has 120 heavy (non-hydrogen) atoms. The van der Waals surface area contributed by atoms with Crippen LogP contribution in [0.4, 0.5) is 0 Å². The summed E-state index contributed by atoms with van der Waals surface area (Å²) in [6, 6.07) is -0.856. The van der Waals surface area contributed by atoms with E-state index in [1.165, 1.54) is 30.3 Å². The highest BCUT2D eigenvalue weighted by Crippen LogP contribution is 2.31. The van der Waals surface area contributed by atoms with Gasteiger partial charge < -0.3 is 138 Å². The number of halogens is 1. The van der Waals surface area contributed by atoms with Crippen LogP contribution in [0.25, 0.3) is 6.08 Å². The molecule has 1 aromatic heterocycles. The first-order chi connectivity index (χ1) is 56.8. The molecule has 0 aliphatic carbocycles. The number of nitrogens with zero attached hydrogens (tertiary/aromatic N) is 14. The van der Waals surface area contributed by atoms with Gasteiger partial charge in [-0.05, 0) is 42.7 Å². The lowest BCUT2D eigenvalue weighted by molar-refractivity contribution is -0.696. The largest absolute Gasteiger partial charge is 0.497 e. The standard InChI is InChI=1S/C75H97BrN16O28/c1-34(13-14-36-9-5-3-6-10-36)19-51(98)42-26-56(102)81-49(30-93)69(113)87-48-29-91-28-40(92(33-91)74-62(106)61(105)59(103)53(32-95)120-74)22-45(66(110)89-57(35(2)96)72(116)88-50(31-94)70(114)83-44(65(109)82-42)20-37-11-7-4-8-12-37)80-55(101)24-41(97)23-47(75(118)119)86-71(115)52(99)27-79-64(108)43(21-38-15-17-39(76)18-16-38)85-73(117)58(60(104)63(78)107)90-67(111)46(25-54(77)100)84-68(48)112/h3-19,28,33,35,41-53,57-62,74,93-99,103-106H,20-27,29-32H2,1-2H3,(H16-,77,78,79,80,81,82,83,84,85,86,87,88,89,90,100,101,102,107,108,109,110,111,112,113,114,115,116,117,118,119)/p+1/b14-13+,34-19+/t35-,41+,42-,43-,44-,45-,46-,47-,48+,49-,50-,51-,52-,53+,57-,58-,59-,60+,61-,62+,74+/m0/s1. The second-order valence-corrected chi connectivity index (χ2v) is 28.8. The highest BCUT2D eigenvalue weighted by Gasteiger charge is 2.48. The number of aromatic nitrogens is 2. The molecule has 0 amide bonds. The SMILES string of the molecule is CC(/C=C/c1ccccc1)=C\[C@H](O)[C@@H]1CC(O)=N[C@@H](CO)C(O)=N[C@@H]2C[n+]3cc(n([C@@H]4O[C@H](CO)[C@H](O)[C@H](O)[C@H]4O)c3)C[C@H](N=C(O)C[C@H](O)C[C@@H](C(=O)O)N=C(O)[C@@H](O)CN=C(O)[C@H](Cc3ccc(Br)cc3)N=C(O)[C@H]([C@@H](O)C(=N)O)N=C(O)[C@H](CC(=N)O)N=C2O)C(O)=N[C@@H]([C@H](C)O)C(O)=N[C@@H](CO)C(O)=N[C@@H](Cc2ccccc2)C(O)=N1. The fraction of sp³-hybridized carbons (Fsp3) is 0.467. The zero-order chi connectivity index (χ0) is 88.5. The number of fused-ring (bicyclic) bond motifs is 2. The van der Waals surface area contributed by atoms with Gasteiger partial charge in [0.2, 0.25) is 77.4 Å². The molecule has 3 aliphatic heterocycles. The number of aliphatic carboxylic acids is 1. The predicted molar refractivity (Wildman–Crippen MR) is 439 cm³/mol. The van der Waals surface area contributed by atoms with Gasteiger partial charge in [-0.3, -0.25) is 15.8 Å². The number of nitrogens with one attached hydrogen (secondary N) is 2. The number of carbonyl (C=O) groups is 1. The van der Waals surface area contributed by atoms with E-state index in [1.54, 1.807) is 79.7 Å². The maximum absolute atomic E-state index is 12.8. The zero-order valence-electron chi connectivity index (χ0n) is 64.2. The summed E-state index contributed by atoms with van der Waals surface area (Å²) < 4.78 is 8.31. The van der Waals surface area contributed by atoms with Crippen LogP contribution in [0.3, 0.4) is 0 Å². The van der Waals surface area contributed by atoms with Gasteiger partial charge >= 0.3 is 5.97 Å². The Morgan fingerprint density at radius 2 is 1.12 bits per heavy atom. The Balaban J connectivity index is 1.60. The fourth-order valence-electron chi connectivity index (χ4n) is 12.1. The van der Waals surface area contributed by atoms with E-state index < -0.39 is 293 Å². The van der Waals surface area contributed by atoms with Gasteiger partial charge in [0, 0.05) is 43.0 Å². The van der Waals surface area contributed by atoms with Gasteiger partial charge in [-0.2, -0.15) is 0 Å². The van der Waals surface area contributed by atoms with E-state index in [-0.39, 0.29) is 6.42 Å². The Kier molecular flexibility index (Phi) is 35.8. The molecular weight excluding hydrogens is 1650 g/mol. The second kappa shape index (κ2) is 45.0. The Hall–Kier alpha value is -11.6. The molecule has 21 atom stereocenters. The summed E-state index contributed by atoms with van der Waals surface area (Å²) in [4.78, 5) is 60.9. The number of hydrogen-bond donors (Lipinski definition) is 28. The molecule has 4 bridgehead atoms. The van der Waals surface area contributed by atoms with Gasteiger partial charge in [0.15, 0.2) is 60.0 Å². The highest BCUT2D eigenvalue weighted by atomic mass is 79.9. The summed E-state index contributed by atoms with van der Waals surface area (Å²) >= 11 is 3.28. The van der Waals surface area contributed by atoms with Crippen LogP contribution < -0.4 is 4.57 Å². The molecule has 45 heteroatoms. The van der Waals surface area contributed by atoms with Gasteiger partial charge in [0.25, 0.3) is 0 Å². The molecule has 4 aromatic rings. The number of aliphatic hydroxyl groups is 25. The summed E-state index contributed by atoms with van der Waals surface area (Å²) in [5.41, 5.74) is 1.36. The molecular formula is C75H98BrN16O28+. The van der Waals surface area contributed by atoms with Gasteiger partial charge in [-0.25, -0.2) is 68.8 Å². The lowest BCUT2D eigenvalue weighted by Gasteiger charge is -2.38. The summed E-state index contributed by atoms with van der Waals surface area (Å²) in [6.07, 6.45) is -21.1. The van der Waals surface area contributed by atoms with Crippen LogP contribution >= 0.6 is 15.9 Å². The lowest BCUT2D eigenvalue weighted by Crippen LogP contribution is -2.56. The molecule has 0 spiro atoms. The van der Waals surface area contributed by atoms with Gasteiger partial charge in [0.1, 0.15) is 73.1 Å². The van der Waals surface area contributed by atoms with Crippen molar-refractivity contribution in [1.29, 1.82) is 10.8 Å². The third-order valence-corrected chi connectivity index (χ3v) is 19.0. The van der Waals surface area contributed by atoms with E-state index in [2.05, 4.69) is 75.8 Å². The normalized spacial score (nSPS) is 28.7. The maximum Gasteiger partial charge on any atom is 0.328 e. The fourth-order valence-corrected chi connectivity index (χ4v) is 12.4. The minimum absolute atomic E-state index is 0.293. The number of hydrogen-bond acceptors (Lipinski definition) is 27. The molecule has 1 fully saturated rings. The average molecular weight is 1750 g/mol. The topological polar surface area (TPSA) is 757 Å². The highest BCUT2D eigenvalue weighted by molar-refractivity contribution is 9.10. The van der Waals surface area contributed by atoms with Crippen LogP contribution in [0, 0.1) is 10.8 Å². The van der Waals surface area contributed by atoms with Crippen LogP contribution in [0.1, 0.15) is 68.1 Å². The number of allylic oxidation sites excluding steroid dienone is 2. The van der Waals surface area contributed by atoms with Crippen molar-refractivity contribution >= 4 is 111 Å². The number of benzene rings is 3. The van der Waals surface area contributed by atoms with Crippen LogP contribution in [0.5, 0.6) is 0 Å². The lowest BCUT2D eigenvalue weighted by atomic mass is 9.98. The number of aliphatic hydroxyl groups excluding tert-OH is 25. The van der Waals surface area contributed by atoms with Crippen LogP contribution in [0.15, 0.2) is 180 Å². The molecule has 0 radical (unpaired) electrons. The van der Waals surface area contributed by atoms with Crippen molar-refractivity contribution in [2.24, 2.45) is 59.9 Å². The average Bonchev–Trinajstić information content (AvgIpc) is 1.62. The number of ether oxygens (including phenoxy) is 1. The van der Waals surface area contributed by atoms with Crippen molar-refractivity contribution < 1.29 is 147 Å². The van der Waals surface area contributed by atoms with Crippen molar-refractivity contribution in [1.82, 2.24) is 4.57 Å². The quantitative estimate of drug-likeness (QED) is 0.0275. The minimum atomic E-state index is -2.73. The molecule has 28 N–H and O–H groups in total. The molecule has 652 valence electrons. The Bertz CT molecular complexity index is 4590. The predicted octanol–water partition coefficient (Wildman–Crippen LogP) is 0.282. The minimum Gasteiger partial charge on any atom is -0.497 e. The van der Waals surface area contributed by atoms with Gasteiger partial charge in [-0.1, -0.05) is 113 Å². The molecule has 0 saturated carbocycles. The number of carboxylic acids is 1.